The topological polar surface area (TPSA) is 149 Å². The first kappa shape index (κ1) is 36.0. The van der Waals surface area contributed by atoms with Crippen LogP contribution in [0.15, 0.2) is 54.3 Å². The number of esters is 2. The van der Waals surface area contributed by atoms with Crippen LogP contribution in [0.3, 0.4) is 0 Å². The number of piperidine rings is 1. The van der Waals surface area contributed by atoms with Crippen LogP contribution in [0.4, 0.5) is 11.4 Å². The normalized spacial score (nSPS) is 23.3. The number of benzene rings is 2. The monoisotopic (exact) mass is 677 g/mol. The third-order valence-electron chi connectivity index (χ3n) is 10.6. The zero-order valence-corrected chi connectivity index (χ0v) is 28.6. The molecule has 49 heavy (non-hydrogen) atoms. The van der Waals surface area contributed by atoms with Crippen LogP contribution in [0.5, 0.6) is 0 Å². The number of carbonyl (C=O) groups excluding carboxylic acids is 3. The first-order valence-electron chi connectivity index (χ1n) is 17.2. The van der Waals surface area contributed by atoms with Crippen molar-refractivity contribution in [2.45, 2.75) is 76.4 Å². The number of rotatable bonds is 15. The van der Waals surface area contributed by atoms with Crippen molar-refractivity contribution in [2.75, 3.05) is 45.4 Å². The lowest BCUT2D eigenvalue weighted by Crippen LogP contribution is -2.55. The van der Waals surface area contributed by atoms with E-state index in [0.29, 0.717) is 30.5 Å². The van der Waals surface area contributed by atoms with Crippen LogP contribution in [0.1, 0.15) is 79.8 Å². The van der Waals surface area contributed by atoms with Gasteiger partial charge in [0.2, 0.25) is 5.91 Å². The van der Waals surface area contributed by atoms with Crippen molar-refractivity contribution in [2.24, 2.45) is 11.8 Å². The van der Waals surface area contributed by atoms with Crippen LogP contribution in [0.25, 0.3) is 0 Å². The number of nitro benzene ring substituents is 1. The summed E-state index contributed by atoms with van der Waals surface area (Å²) in [5.41, 5.74) is 1.78. The van der Waals surface area contributed by atoms with E-state index >= 15 is 0 Å². The highest BCUT2D eigenvalue weighted by Crippen LogP contribution is 2.55. The number of hydrogen-bond donors (Lipinski definition) is 1. The molecule has 3 heterocycles. The summed E-state index contributed by atoms with van der Waals surface area (Å²) in [6, 6.07) is 12.0. The summed E-state index contributed by atoms with van der Waals surface area (Å²) in [5, 5.41) is 20.7. The second-order valence-corrected chi connectivity index (χ2v) is 13.2. The van der Waals surface area contributed by atoms with Gasteiger partial charge in [-0.15, -0.1) is 0 Å². The van der Waals surface area contributed by atoms with E-state index < -0.39 is 16.3 Å². The summed E-state index contributed by atoms with van der Waals surface area (Å²) in [4.78, 5) is 55.0. The SMILES string of the molecule is CC[C@H]1CN2CC[C@]3(C(=O)N(CCCCCCCOC(=O)c4cc(CO)ccc4[N+](=O)[O-])c4ccccc43)[C@@H]2C[C@@H]1/C(=C\OC)C(=O)OC. The molecule has 12 heteroatoms. The molecule has 2 aromatic rings. The van der Waals surface area contributed by atoms with Gasteiger partial charge in [-0.3, -0.25) is 19.8 Å². The fourth-order valence-electron chi connectivity index (χ4n) is 8.20. The van der Waals surface area contributed by atoms with Crippen molar-refractivity contribution < 1.29 is 38.6 Å². The molecule has 2 saturated heterocycles. The maximum Gasteiger partial charge on any atom is 0.345 e. The lowest BCUT2D eigenvalue weighted by Gasteiger charge is -2.45. The maximum atomic E-state index is 14.5. The average molecular weight is 678 g/mol. The highest BCUT2D eigenvalue weighted by Gasteiger charge is 2.62. The fraction of sp³-hybridized carbons (Fsp3) is 0.541. The van der Waals surface area contributed by atoms with Gasteiger partial charge in [0.15, 0.2) is 0 Å². The first-order chi connectivity index (χ1) is 23.7. The summed E-state index contributed by atoms with van der Waals surface area (Å²) in [5.74, 6) is -0.868. The number of hydrogen-bond acceptors (Lipinski definition) is 10. The molecule has 264 valence electrons. The van der Waals surface area contributed by atoms with E-state index in [1.54, 1.807) is 0 Å². The minimum atomic E-state index is -0.779. The van der Waals surface area contributed by atoms with E-state index in [2.05, 4.69) is 17.9 Å². The van der Waals surface area contributed by atoms with Crippen molar-refractivity contribution >= 4 is 29.2 Å². The van der Waals surface area contributed by atoms with Gasteiger partial charge in [0.25, 0.3) is 5.69 Å². The molecule has 1 amide bonds. The number of amides is 1. The largest absolute Gasteiger partial charge is 0.504 e. The van der Waals surface area contributed by atoms with Crippen LogP contribution >= 0.6 is 0 Å². The molecule has 0 aliphatic carbocycles. The van der Waals surface area contributed by atoms with Gasteiger partial charge in [-0.05, 0) is 73.4 Å². The molecular weight excluding hydrogens is 630 g/mol. The third-order valence-corrected chi connectivity index (χ3v) is 10.6. The molecule has 5 rings (SSSR count). The Morgan fingerprint density at radius 2 is 1.86 bits per heavy atom. The van der Waals surface area contributed by atoms with Crippen LogP contribution in [-0.2, 0) is 35.8 Å². The number of anilines is 1. The molecule has 2 fully saturated rings. The van der Waals surface area contributed by atoms with Gasteiger partial charge in [0, 0.05) is 30.9 Å². The van der Waals surface area contributed by atoms with E-state index in [1.807, 2.05) is 23.1 Å². The Balaban J connectivity index is 1.18. The van der Waals surface area contributed by atoms with E-state index in [1.165, 1.54) is 38.7 Å². The smallest absolute Gasteiger partial charge is 0.345 e. The van der Waals surface area contributed by atoms with Crippen LogP contribution in [0.2, 0.25) is 0 Å². The molecule has 0 saturated carbocycles. The molecular formula is C37H47N3O9. The number of nitrogens with zero attached hydrogens (tertiary/aromatic N) is 3. The van der Waals surface area contributed by atoms with E-state index in [9.17, 15) is 29.6 Å². The van der Waals surface area contributed by atoms with E-state index in [0.717, 1.165) is 62.9 Å². The summed E-state index contributed by atoms with van der Waals surface area (Å²) >= 11 is 0. The van der Waals surface area contributed by atoms with Gasteiger partial charge < -0.3 is 24.2 Å². The maximum absolute atomic E-state index is 14.5. The number of fused-ring (bicyclic) bond motifs is 4. The second kappa shape index (κ2) is 15.9. The van der Waals surface area contributed by atoms with Gasteiger partial charge in [0.05, 0.1) is 49.6 Å². The highest BCUT2D eigenvalue weighted by molar-refractivity contribution is 6.09. The number of nitro groups is 1. The van der Waals surface area contributed by atoms with Crippen LogP contribution in [0, 0.1) is 22.0 Å². The van der Waals surface area contributed by atoms with Crippen molar-refractivity contribution in [3.05, 3.63) is 81.1 Å². The molecule has 1 N–H and O–H groups in total. The standard InChI is InChI=1S/C37H47N3O9/c1-4-26-22-38-18-16-37(33(38)21-27(26)29(24-47-2)34(42)48-3)30-12-8-9-13-32(30)39(36(37)44)17-10-6-5-7-11-19-49-35(43)28-20-25(23-41)14-15-31(28)40(45)46/h8-9,12-15,20,24,26-27,33,41H,4-7,10-11,16-19,21-23H2,1-3H3/b29-24+/t26-,27-,33-,37+/m0/s1. The lowest BCUT2D eigenvalue weighted by molar-refractivity contribution is -0.385. The molecule has 1 spiro atoms. The molecule has 0 bridgehead atoms. The average Bonchev–Trinajstić information content (AvgIpc) is 3.61. The number of unbranched alkanes of at least 4 members (excludes halogenated alkanes) is 4. The fourth-order valence-corrected chi connectivity index (χ4v) is 8.20. The Bertz CT molecular complexity index is 1580. The highest BCUT2D eigenvalue weighted by atomic mass is 16.6. The summed E-state index contributed by atoms with van der Waals surface area (Å²) < 4.78 is 15.8. The summed E-state index contributed by atoms with van der Waals surface area (Å²) in [6.07, 6.45) is 7.81. The van der Waals surface area contributed by atoms with Gasteiger partial charge in [-0.25, -0.2) is 9.59 Å². The van der Waals surface area contributed by atoms with Crippen molar-refractivity contribution in [3.8, 4) is 0 Å². The van der Waals surface area contributed by atoms with Crippen LogP contribution in [-0.4, -0.2) is 79.3 Å². The number of aliphatic hydroxyl groups is 1. The number of ether oxygens (including phenoxy) is 3. The number of para-hydroxylation sites is 1. The van der Waals surface area contributed by atoms with Gasteiger partial charge >= 0.3 is 11.9 Å². The third kappa shape index (κ3) is 7.07. The van der Waals surface area contributed by atoms with Crippen molar-refractivity contribution in [1.82, 2.24) is 4.90 Å². The zero-order valence-electron chi connectivity index (χ0n) is 28.6. The lowest BCUT2D eigenvalue weighted by atomic mass is 9.67. The summed E-state index contributed by atoms with van der Waals surface area (Å²) in [6.45, 7) is 4.17. The number of carbonyl (C=O) groups is 3. The second-order valence-electron chi connectivity index (χ2n) is 13.2. The predicted molar refractivity (Wildman–Crippen MR) is 182 cm³/mol. The molecule has 3 aliphatic rings. The predicted octanol–water partition coefficient (Wildman–Crippen LogP) is 5.30. The molecule has 4 atom stereocenters. The van der Waals surface area contributed by atoms with E-state index in [4.69, 9.17) is 14.2 Å². The summed E-state index contributed by atoms with van der Waals surface area (Å²) in [7, 11) is 2.93. The number of methoxy groups -OCH3 is 2. The van der Waals surface area contributed by atoms with Gasteiger partial charge in [0.1, 0.15) is 5.56 Å². The molecule has 3 aliphatic heterocycles. The Morgan fingerprint density at radius 1 is 1.10 bits per heavy atom. The number of aliphatic hydroxyl groups excluding tert-OH is 1. The minimum absolute atomic E-state index is 0.0425. The van der Waals surface area contributed by atoms with Gasteiger partial charge in [-0.1, -0.05) is 50.8 Å². The Hall–Kier alpha value is -4.29. The molecule has 0 radical (unpaired) electrons. The van der Waals surface area contributed by atoms with E-state index in [-0.39, 0.29) is 54.2 Å². The Labute approximate surface area is 287 Å². The van der Waals surface area contributed by atoms with Crippen molar-refractivity contribution in [3.63, 3.8) is 0 Å². The van der Waals surface area contributed by atoms with Crippen LogP contribution < -0.4 is 4.90 Å². The quantitative estimate of drug-likeness (QED) is 0.0657. The Kier molecular flexibility index (Phi) is 11.7. The van der Waals surface area contributed by atoms with Crippen molar-refractivity contribution in [1.29, 1.82) is 0 Å². The zero-order chi connectivity index (χ0) is 35.1. The molecule has 0 aromatic heterocycles. The minimum Gasteiger partial charge on any atom is -0.504 e. The molecule has 2 aromatic carbocycles. The molecule has 0 unspecified atom stereocenters. The Morgan fingerprint density at radius 3 is 2.57 bits per heavy atom. The first-order valence-corrected chi connectivity index (χ1v) is 17.2. The molecule has 12 nitrogen and oxygen atoms in total. The van der Waals surface area contributed by atoms with Gasteiger partial charge in [-0.2, -0.15) is 0 Å².